The summed E-state index contributed by atoms with van der Waals surface area (Å²) in [6.45, 7) is 0. The smallest absolute Gasteiger partial charge is 0.137 e. The molecule has 4 aliphatic rings. The standard InChI is InChI=1S/C68H39NO2S/c1-6-21-51-42(16-1)43-17-2-7-22-52(43)67(51)53-23-8-3-18-44(53)46-34-32-41(37-57(46)67)69(40-33-35-61-49(36-40)47-20-5-12-28-60(47)70-61)59-27-15-29-62-66(59)50-38-48-45-19-4-9-24-54(45)68(58(48)39-63(50)71-62)55-25-10-13-30-64(55)72-65-31-14-11-26-56(65)68/h1-39H. The Kier molecular flexibility index (Phi) is 7.54. The van der Waals surface area contributed by atoms with E-state index in [9.17, 15) is 0 Å². The molecular formula is C68H39NO2S. The number of hydrogen-bond acceptors (Lipinski definition) is 4. The van der Waals surface area contributed by atoms with E-state index in [1.165, 1.54) is 87.7 Å². The van der Waals surface area contributed by atoms with Crippen LogP contribution in [0.1, 0.15) is 44.5 Å². The van der Waals surface area contributed by atoms with Crippen LogP contribution in [-0.2, 0) is 10.8 Å². The minimum absolute atomic E-state index is 0.501. The molecule has 334 valence electrons. The Labute approximate surface area is 419 Å². The lowest BCUT2D eigenvalue weighted by atomic mass is 9.67. The molecule has 3 aliphatic carbocycles. The fraction of sp³-hybridized carbons (Fsp3) is 0.0294. The molecule has 4 heteroatoms. The predicted octanol–water partition coefficient (Wildman–Crippen LogP) is 18.1. The van der Waals surface area contributed by atoms with Gasteiger partial charge in [0.15, 0.2) is 0 Å². The SMILES string of the molecule is c1ccc2c(c1)Sc1ccccc1C21c2ccccc2-c2cc3c(cc21)oc1cccc(N(c2ccc4c(c2)C2(c5ccccc5-c5ccccc52)c2ccccc2-4)c2ccc4oc5ccccc5c4c2)c13. The van der Waals surface area contributed by atoms with E-state index in [4.69, 9.17) is 8.83 Å². The molecular weight excluding hydrogens is 895 g/mol. The summed E-state index contributed by atoms with van der Waals surface area (Å²) in [4.78, 5) is 5.04. The lowest BCUT2D eigenvalue weighted by Gasteiger charge is -2.39. The van der Waals surface area contributed by atoms with Gasteiger partial charge in [0.2, 0.25) is 0 Å². The maximum atomic E-state index is 7.19. The van der Waals surface area contributed by atoms with E-state index in [-0.39, 0.29) is 0 Å². The first-order valence-corrected chi connectivity index (χ1v) is 25.6. The van der Waals surface area contributed by atoms with Gasteiger partial charge in [0, 0.05) is 37.3 Å². The van der Waals surface area contributed by atoms with E-state index < -0.39 is 10.8 Å². The molecule has 72 heavy (non-hydrogen) atoms. The highest BCUT2D eigenvalue weighted by atomic mass is 32.2. The van der Waals surface area contributed by atoms with Crippen LogP contribution in [0.2, 0.25) is 0 Å². The quantitative estimate of drug-likeness (QED) is 0.177. The summed E-state index contributed by atoms with van der Waals surface area (Å²) in [7, 11) is 0. The number of benzene rings is 11. The maximum absolute atomic E-state index is 7.19. The highest BCUT2D eigenvalue weighted by Gasteiger charge is 2.53. The Morgan fingerprint density at radius 3 is 1.43 bits per heavy atom. The van der Waals surface area contributed by atoms with Gasteiger partial charge in [-0.15, -0.1) is 0 Å². The Morgan fingerprint density at radius 1 is 0.292 bits per heavy atom. The molecule has 11 aromatic carbocycles. The number of nitrogens with zero attached hydrogens (tertiary/aromatic N) is 1. The number of para-hydroxylation sites is 1. The molecule has 3 heterocycles. The van der Waals surface area contributed by atoms with Gasteiger partial charge < -0.3 is 13.7 Å². The first-order valence-electron chi connectivity index (χ1n) is 24.8. The van der Waals surface area contributed by atoms with Crippen molar-refractivity contribution >= 4 is 72.7 Å². The van der Waals surface area contributed by atoms with Crippen LogP contribution in [0.15, 0.2) is 255 Å². The molecule has 0 amide bonds. The second kappa shape index (κ2) is 13.9. The van der Waals surface area contributed by atoms with Crippen molar-refractivity contribution in [1.82, 2.24) is 0 Å². The first-order chi connectivity index (χ1) is 35.7. The van der Waals surface area contributed by atoms with E-state index in [0.717, 1.165) is 60.9 Å². The van der Waals surface area contributed by atoms with E-state index in [0.29, 0.717) is 0 Å². The largest absolute Gasteiger partial charge is 0.456 e. The maximum Gasteiger partial charge on any atom is 0.137 e. The zero-order valence-electron chi connectivity index (χ0n) is 38.7. The fourth-order valence-corrected chi connectivity index (χ4v) is 15.0. The van der Waals surface area contributed by atoms with Crippen molar-refractivity contribution < 1.29 is 8.83 Å². The summed E-state index contributed by atoms with van der Waals surface area (Å²) in [6, 6.07) is 87.8. The number of anilines is 3. The monoisotopic (exact) mass is 933 g/mol. The second-order valence-electron chi connectivity index (χ2n) is 19.8. The Morgan fingerprint density at radius 2 is 0.764 bits per heavy atom. The molecule has 0 saturated carbocycles. The molecule has 0 radical (unpaired) electrons. The van der Waals surface area contributed by atoms with Gasteiger partial charge in [0.1, 0.15) is 22.3 Å². The summed E-state index contributed by atoms with van der Waals surface area (Å²) >= 11 is 1.87. The van der Waals surface area contributed by atoms with E-state index in [2.05, 4.69) is 235 Å². The van der Waals surface area contributed by atoms with Gasteiger partial charge in [-0.05, 0) is 151 Å². The zero-order valence-corrected chi connectivity index (χ0v) is 39.5. The predicted molar refractivity (Wildman–Crippen MR) is 293 cm³/mol. The van der Waals surface area contributed by atoms with Crippen molar-refractivity contribution in [2.75, 3.05) is 4.90 Å². The van der Waals surface area contributed by atoms with Crippen LogP contribution < -0.4 is 4.90 Å². The molecule has 0 unspecified atom stereocenters. The molecule has 17 rings (SSSR count). The number of fused-ring (bicyclic) bond motifs is 25. The second-order valence-corrected chi connectivity index (χ2v) is 20.9. The fourth-order valence-electron chi connectivity index (χ4n) is 13.8. The van der Waals surface area contributed by atoms with Gasteiger partial charge in [-0.3, -0.25) is 0 Å². The summed E-state index contributed by atoms with van der Waals surface area (Å²) in [5.74, 6) is 0. The van der Waals surface area contributed by atoms with Crippen molar-refractivity contribution in [2.24, 2.45) is 0 Å². The third-order valence-corrected chi connectivity index (χ3v) is 17.7. The van der Waals surface area contributed by atoms with Crippen molar-refractivity contribution in [2.45, 2.75) is 20.6 Å². The zero-order chi connectivity index (χ0) is 46.9. The molecule has 13 aromatic rings. The van der Waals surface area contributed by atoms with Gasteiger partial charge in [-0.2, -0.15) is 0 Å². The lowest BCUT2D eigenvalue weighted by molar-refractivity contribution is 0.664. The minimum atomic E-state index is -0.509. The van der Waals surface area contributed by atoms with Gasteiger partial charge in [-0.25, -0.2) is 0 Å². The molecule has 0 atom stereocenters. The van der Waals surface area contributed by atoms with E-state index >= 15 is 0 Å². The molecule has 0 saturated heterocycles. The van der Waals surface area contributed by atoms with Crippen molar-refractivity contribution in [3.8, 4) is 33.4 Å². The molecule has 2 spiro atoms. The van der Waals surface area contributed by atoms with Crippen LogP contribution >= 0.6 is 11.8 Å². The average molecular weight is 934 g/mol. The van der Waals surface area contributed by atoms with Gasteiger partial charge in [0.05, 0.1) is 21.9 Å². The van der Waals surface area contributed by atoms with E-state index in [1.54, 1.807) is 0 Å². The van der Waals surface area contributed by atoms with Crippen molar-refractivity contribution in [3.05, 3.63) is 281 Å². The van der Waals surface area contributed by atoms with Crippen LogP contribution in [0.5, 0.6) is 0 Å². The number of furan rings is 2. The highest BCUT2D eigenvalue weighted by Crippen LogP contribution is 2.65. The molecule has 2 aromatic heterocycles. The van der Waals surface area contributed by atoms with Crippen LogP contribution in [0, 0.1) is 0 Å². The van der Waals surface area contributed by atoms with Gasteiger partial charge in [0.25, 0.3) is 0 Å². The molecule has 3 nitrogen and oxygen atoms in total. The molecule has 0 bridgehead atoms. The Balaban J connectivity index is 0.953. The van der Waals surface area contributed by atoms with Crippen LogP contribution in [0.4, 0.5) is 17.1 Å². The van der Waals surface area contributed by atoms with Crippen molar-refractivity contribution in [3.63, 3.8) is 0 Å². The van der Waals surface area contributed by atoms with Crippen LogP contribution in [-0.4, -0.2) is 0 Å². The third kappa shape index (κ3) is 4.74. The van der Waals surface area contributed by atoms with Crippen molar-refractivity contribution in [1.29, 1.82) is 0 Å². The highest BCUT2D eigenvalue weighted by molar-refractivity contribution is 7.99. The minimum Gasteiger partial charge on any atom is -0.456 e. The Hall–Kier alpha value is -8.83. The third-order valence-electron chi connectivity index (χ3n) is 16.5. The molecule has 1 aliphatic heterocycles. The van der Waals surface area contributed by atoms with Gasteiger partial charge in [-0.1, -0.05) is 176 Å². The van der Waals surface area contributed by atoms with Crippen LogP contribution in [0.3, 0.4) is 0 Å². The lowest BCUT2D eigenvalue weighted by Crippen LogP contribution is -2.31. The topological polar surface area (TPSA) is 29.5 Å². The Bertz CT molecular complexity index is 4420. The normalized spacial score (nSPS) is 14.6. The summed E-state index contributed by atoms with van der Waals surface area (Å²) in [6.07, 6.45) is 0. The summed E-state index contributed by atoms with van der Waals surface area (Å²) in [5, 5.41) is 4.32. The molecule has 0 N–H and O–H groups in total. The van der Waals surface area contributed by atoms with Crippen LogP contribution in [0.25, 0.3) is 77.3 Å². The number of rotatable bonds is 3. The summed E-state index contributed by atoms with van der Waals surface area (Å²) < 4.78 is 13.7. The summed E-state index contributed by atoms with van der Waals surface area (Å²) in [5.41, 5.74) is 23.6. The molecule has 0 fully saturated rings. The average Bonchev–Trinajstić information content (AvgIpc) is 4.22. The number of hydrogen-bond donors (Lipinski definition) is 0. The first kappa shape index (κ1) is 39.0. The van der Waals surface area contributed by atoms with Gasteiger partial charge >= 0.3 is 0 Å². The van der Waals surface area contributed by atoms with E-state index in [1.807, 2.05) is 17.8 Å².